The van der Waals surface area contributed by atoms with E-state index in [1.807, 2.05) is 26.0 Å². The van der Waals surface area contributed by atoms with Crippen molar-refractivity contribution in [3.05, 3.63) is 35.4 Å². The van der Waals surface area contributed by atoms with E-state index in [9.17, 15) is 9.59 Å². The molecule has 2 N–H and O–H groups in total. The lowest BCUT2D eigenvalue weighted by Gasteiger charge is -2.08. The molecule has 0 heterocycles. The van der Waals surface area contributed by atoms with Crippen molar-refractivity contribution in [2.24, 2.45) is 0 Å². The standard InChI is InChI=1S/C15H19NO4/c1-3-6-20-10-14(17)16-13-8-11(2)7-12(9-13)4-5-15(18)19/h4-5,7-9H,3,6,10H2,1-2H3,(H,16,17)(H,18,19)/b5-4+. The molecule has 0 fully saturated rings. The molecule has 0 saturated carbocycles. The monoisotopic (exact) mass is 277 g/mol. The average molecular weight is 277 g/mol. The first-order valence-corrected chi connectivity index (χ1v) is 6.41. The van der Waals surface area contributed by atoms with Gasteiger partial charge < -0.3 is 15.2 Å². The summed E-state index contributed by atoms with van der Waals surface area (Å²) in [5.41, 5.74) is 2.28. The Hall–Kier alpha value is -2.14. The molecule has 5 heteroatoms. The molecule has 0 saturated heterocycles. The van der Waals surface area contributed by atoms with Gasteiger partial charge in [-0.25, -0.2) is 4.79 Å². The number of ether oxygens (including phenoxy) is 1. The second-order valence-corrected chi connectivity index (χ2v) is 4.40. The molecule has 0 aliphatic rings. The first-order chi connectivity index (χ1) is 9.51. The number of carbonyl (C=O) groups excluding carboxylic acids is 1. The summed E-state index contributed by atoms with van der Waals surface area (Å²) in [5.74, 6) is -1.23. The van der Waals surface area contributed by atoms with Crippen molar-refractivity contribution in [3.8, 4) is 0 Å². The summed E-state index contributed by atoms with van der Waals surface area (Å²) in [5, 5.41) is 11.3. The van der Waals surface area contributed by atoms with Gasteiger partial charge in [0.1, 0.15) is 6.61 Å². The van der Waals surface area contributed by atoms with Gasteiger partial charge in [0.05, 0.1) is 0 Å². The summed E-state index contributed by atoms with van der Waals surface area (Å²) in [6.45, 7) is 4.41. The second kappa shape index (κ2) is 8.12. The quantitative estimate of drug-likeness (QED) is 0.593. The molecule has 1 aromatic rings. The molecule has 1 rings (SSSR count). The third-order valence-electron chi connectivity index (χ3n) is 2.38. The predicted octanol–water partition coefficient (Wildman–Crippen LogP) is 2.46. The van der Waals surface area contributed by atoms with E-state index in [1.165, 1.54) is 6.08 Å². The Morgan fingerprint density at radius 2 is 2.10 bits per heavy atom. The van der Waals surface area contributed by atoms with Gasteiger partial charge >= 0.3 is 5.97 Å². The van der Waals surface area contributed by atoms with Crippen LogP contribution in [0.15, 0.2) is 24.3 Å². The number of hydrogen-bond acceptors (Lipinski definition) is 3. The normalized spacial score (nSPS) is 10.7. The number of benzene rings is 1. The first kappa shape index (κ1) is 15.9. The third-order valence-corrected chi connectivity index (χ3v) is 2.38. The van der Waals surface area contributed by atoms with Gasteiger partial charge in [-0.05, 0) is 42.7 Å². The first-order valence-electron chi connectivity index (χ1n) is 6.41. The molecular formula is C15H19NO4. The minimum Gasteiger partial charge on any atom is -0.478 e. The van der Waals surface area contributed by atoms with E-state index in [0.29, 0.717) is 12.3 Å². The Kier molecular flexibility index (Phi) is 6.46. The molecule has 0 atom stereocenters. The zero-order valence-corrected chi connectivity index (χ0v) is 11.7. The number of hydrogen-bond donors (Lipinski definition) is 2. The highest BCUT2D eigenvalue weighted by Crippen LogP contribution is 2.15. The van der Waals surface area contributed by atoms with Crippen LogP contribution >= 0.6 is 0 Å². The van der Waals surface area contributed by atoms with Gasteiger partial charge in [0.15, 0.2) is 0 Å². The predicted molar refractivity (Wildman–Crippen MR) is 77.6 cm³/mol. The Morgan fingerprint density at radius 3 is 2.75 bits per heavy atom. The Balaban J connectivity index is 2.70. The minimum absolute atomic E-state index is 0.0160. The number of aliphatic carboxylic acids is 1. The summed E-state index contributed by atoms with van der Waals surface area (Å²) >= 11 is 0. The van der Waals surface area contributed by atoms with Crippen LogP contribution in [-0.2, 0) is 14.3 Å². The number of amides is 1. The van der Waals surface area contributed by atoms with Crippen LogP contribution in [0, 0.1) is 6.92 Å². The highest BCUT2D eigenvalue weighted by molar-refractivity contribution is 5.92. The van der Waals surface area contributed by atoms with Gasteiger partial charge in [-0.2, -0.15) is 0 Å². The van der Waals surface area contributed by atoms with Crippen molar-refractivity contribution in [1.82, 2.24) is 0 Å². The van der Waals surface area contributed by atoms with Crippen LogP contribution in [0.25, 0.3) is 6.08 Å². The van der Waals surface area contributed by atoms with Crippen molar-refractivity contribution in [3.63, 3.8) is 0 Å². The SMILES string of the molecule is CCCOCC(=O)Nc1cc(C)cc(/C=C/C(=O)O)c1. The lowest BCUT2D eigenvalue weighted by molar-refractivity contribution is -0.131. The van der Waals surface area contributed by atoms with Crippen LogP contribution < -0.4 is 5.32 Å². The number of rotatable bonds is 7. The largest absolute Gasteiger partial charge is 0.478 e. The summed E-state index contributed by atoms with van der Waals surface area (Å²) in [6, 6.07) is 5.36. The van der Waals surface area contributed by atoms with Crippen molar-refractivity contribution in [2.75, 3.05) is 18.5 Å². The molecule has 0 aliphatic carbocycles. The van der Waals surface area contributed by atoms with E-state index in [4.69, 9.17) is 9.84 Å². The molecular weight excluding hydrogens is 258 g/mol. The van der Waals surface area contributed by atoms with Gasteiger partial charge in [0, 0.05) is 18.4 Å². The minimum atomic E-state index is -1.01. The fourth-order valence-corrected chi connectivity index (χ4v) is 1.65. The summed E-state index contributed by atoms with van der Waals surface area (Å²) in [6.07, 6.45) is 3.41. The van der Waals surface area contributed by atoms with E-state index in [-0.39, 0.29) is 12.5 Å². The molecule has 0 radical (unpaired) electrons. The highest BCUT2D eigenvalue weighted by atomic mass is 16.5. The Bertz CT molecular complexity index is 509. The number of anilines is 1. The number of carboxylic acid groups (broad SMARTS) is 1. The van der Waals surface area contributed by atoms with E-state index < -0.39 is 5.97 Å². The molecule has 1 aromatic carbocycles. The summed E-state index contributed by atoms with van der Waals surface area (Å²) < 4.78 is 5.15. The molecule has 108 valence electrons. The molecule has 5 nitrogen and oxygen atoms in total. The maximum Gasteiger partial charge on any atom is 0.328 e. The molecule has 20 heavy (non-hydrogen) atoms. The van der Waals surface area contributed by atoms with E-state index >= 15 is 0 Å². The fourth-order valence-electron chi connectivity index (χ4n) is 1.65. The van der Waals surface area contributed by atoms with Crippen LogP contribution in [0.3, 0.4) is 0 Å². The highest BCUT2D eigenvalue weighted by Gasteiger charge is 2.03. The summed E-state index contributed by atoms with van der Waals surface area (Å²) in [7, 11) is 0. The average Bonchev–Trinajstić information content (AvgIpc) is 2.36. The lowest BCUT2D eigenvalue weighted by Crippen LogP contribution is -2.18. The maximum atomic E-state index is 11.6. The van der Waals surface area contributed by atoms with Crippen LogP contribution in [0.4, 0.5) is 5.69 Å². The van der Waals surface area contributed by atoms with E-state index in [2.05, 4.69) is 5.32 Å². The fraction of sp³-hybridized carbons (Fsp3) is 0.333. The molecule has 0 unspecified atom stereocenters. The van der Waals surface area contributed by atoms with Crippen molar-refractivity contribution in [1.29, 1.82) is 0 Å². The maximum absolute atomic E-state index is 11.6. The van der Waals surface area contributed by atoms with Crippen molar-refractivity contribution < 1.29 is 19.4 Å². The number of carboxylic acids is 1. The van der Waals surface area contributed by atoms with Gasteiger partial charge in [0.25, 0.3) is 0 Å². The third kappa shape index (κ3) is 6.15. The van der Waals surface area contributed by atoms with Gasteiger partial charge in [-0.3, -0.25) is 4.79 Å². The molecule has 0 spiro atoms. The van der Waals surface area contributed by atoms with Gasteiger partial charge in [-0.15, -0.1) is 0 Å². The smallest absolute Gasteiger partial charge is 0.328 e. The second-order valence-electron chi connectivity index (χ2n) is 4.40. The molecule has 0 bridgehead atoms. The van der Waals surface area contributed by atoms with Crippen molar-refractivity contribution >= 4 is 23.6 Å². The van der Waals surface area contributed by atoms with Crippen LogP contribution in [-0.4, -0.2) is 30.2 Å². The van der Waals surface area contributed by atoms with Crippen molar-refractivity contribution in [2.45, 2.75) is 20.3 Å². The van der Waals surface area contributed by atoms with Crippen LogP contribution in [0.1, 0.15) is 24.5 Å². The van der Waals surface area contributed by atoms with Gasteiger partial charge in [-0.1, -0.05) is 13.0 Å². The van der Waals surface area contributed by atoms with Gasteiger partial charge in [0.2, 0.25) is 5.91 Å². The lowest BCUT2D eigenvalue weighted by atomic mass is 10.1. The molecule has 0 aromatic heterocycles. The van der Waals surface area contributed by atoms with E-state index in [0.717, 1.165) is 23.6 Å². The number of carbonyl (C=O) groups is 2. The molecule has 1 amide bonds. The molecule has 0 aliphatic heterocycles. The Morgan fingerprint density at radius 1 is 1.35 bits per heavy atom. The zero-order chi connectivity index (χ0) is 15.0. The van der Waals surface area contributed by atoms with Crippen LogP contribution in [0.2, 0.25) is 0 Å². The Labute approximate surface area is 118 Å². The summed E-state index contributed by atoms with van der Waals surface area (Å²) in [4.78, 5) is 22.1. The zero-order valence-electron chi connectivity index (χ0n) is 11.7. The van der Waals surface area contributed by atoms with E-state index in [1.54, 1.807) is 6.07 Å². The number of aryl methyl sites for hydroxylation is 1. The number of nitrogens with one attached hydrogen (secondary N) is 1. The topological polar surface area (TPSA) is 75.6 Å². The van der Waals surface area contributed by atoms with Crippen LogP contribution in [0.5, 0.6) is 0 Å².